The molecule has 166 valence electrons. The lowest BCUT2D eigenvalue weighted by atomic mass is 9.92. The average Bonchev–Trinajstić information content (AvgIpc) is 3.22. The minimum Gasteiger partial charge on any atom is -0.387 e. The van der Waals surface area contributed by atoms with Gasteiger partial charge in [0, 0.05) is 30.2 Å². The van der Waals surface area contributed by atoms with Gasteiger partial charge in [0.05, 0.1) is 12.8 Å². The van der Waals surface area contributed by atoms with E-state index in [-0.39, 0.29) is 24.7 Å². The maximum Gasteiger partial charge on any atom is 0.141 e. The summed E-state index contributed by atoms with van der Waals surface area (Å²) in [4.78, 5) is 3.90. The third-order valence-corrected chi connectivity index (χ3v) is 7.39. The van der Waals surface area contributed by atoms with E-state index in [0.717, 1.165) is 17.5 Å². The summed E-state index contributed by atoms with van der Waals surface area (Å²) >= 11 is 6.14. The summed E-state index contributed by atoms with van der Waals surface area (Å²) in [6.07, 6.45) is -4.86. The Morgan fingerprint density at radius 1 is 1.27 bits per heavy atom. The molecule has 7 nitrogen and oxygen atoms in total. The topological polar surface area (TPSA) is 77.4 Å². The van der Waals surface area contributed by atoms with Gasteiger partial charge >= 0.3 is 0 Å². The molecule has 0 saturated carbocycles. The number of ether oxygens (including phenoxy) is 2. The van der Waals surface area contributed by atoms with Crippen molar-refractivity contribution >= 4 is 11.6 Å². The van der Waals surface area contributed by atoms with E-state index in [9.17, 15) is 14.6 Å². The molecule has 1 aromatic rings. The van der Waals surface area contributed by atoms with Crippen molar-refractivity contribution in [2.75, 3.05) is 26.9 Å². The Hall–Kier alpha value is -0.840. The fourth-order valence-corrected chi connectivity index (χ4v) is 5.86. The summed E-state index contributed by atoms with van der Waals surface area (Å²) in [5, 5.41) is 25.7. The average molecular weight is 442 g/mol. The van der Waals surface area contributed by atoms with Crippen LogP contribution in [0.5, 0.6) is 0 Å². The summed E-state index contributed by atoms with van der Waals surface area (Å²) in [7, 11) is 1.93. The Bertz CT molecular complexity index is 804. The van der Waals surface area contributed by atoms with Crippen molar-refractivity contribution in [1.29, 1.82) is 0 Å². The number of nitrogens with zero attached hydrogens (tertiary/aromatic N) is 2. The first-order valence-corrected chi connectivity index (χ1v) is 11.0. The smallest absolute Gasteiger partial charge is 0.141 e. The fraction of sp³-hybridized carbons (Fsp3) is 0.714. The fourth-order valence-electron chi connectivity index (χ4n) is 5.67. The molecule has 30 heavy (non-hydrogen) atoms. The van der Waals surface area contributed by atoms with E-state index >= 15 is 0 Å². The lowest BCUT2D eigenvalue weighted by Gasteiger charge is -2.44. The largest absolute Gasteiger partial charge is 0.387 e. The summed E-state index contributed by atoms with van der Waals surface area (Å²) in [6, 6.07) is 5.61. The van der Waals surface area contributed by atoms with Crippen LogP contribution >= 0.6 is 11.6 Å². The molecular formula is C21H29ClFN3O4. The molecule has 4 heterocycles. The number of hydrogen-bond donors (Lipinski definition) is 3. The van der Waals surface area contributed by atoms with Gasteiger partial charge in [0.2, 0.25) is 0 Å². The number of likely N-dealkylation sites (tertiary alicyclic amines) is 1. The lowest BCUT2D eigenvalue weighted by Crippen LogP contribution is -2.62. The maximum atomic E-state index is 15.0. The van der Waals surface area contributed by atoms with Gasteiger partial charge in [-0.15, -0.1) is 0 Å². The second-order valence-corrected chi connectivity index (χ2v) is 9.41. The van der Waals surface area contributed by atoms with Crippen molar-refractivity contribution in [3.05, 3.63) is 34.3 Å². The van der Waals surface area contributed by atoms with E-state index < -0.39 is 36.8 Å². The molecule has 9 atom stereocenters. The number of aliphatic hydroxyl groups excluding tert-OH is 2. The van der Waals surface area contributed by atoms with Gasteiger partial charge in [-0.25, -0.2) is 4.39 Å². The first-order chi connectivity index (χ1) is 14.4. The molecule has 3 N–H and O–H groups in total. The highest BCUT2D eigenvalue weighted by molar-refractivity contribution is 6.30. The van der Waals surface area contributed by atoms with Crippen LogP contribution in [-0.2, 0) is 15.9 Å². The molecule has 0 aromatic heterocycles. The van der Waals surface area contributed by atoms with Gasteiger partial charge in [0.15, 0.2) is 0 Å². The Labute approximate surface area is 180 Å². The van der Waals surface area contributed by atoms with Crippen molar-refractivity contribution in [2.45, 2.75) is 62.4 Å². The van der Waals surface area contributed by atoms with Gasteiger partial charge in [0.1, 0.15) is 36.8 Å². The molecule has 0 aliphatic carbocycles. The minimum absolute atomic E-state index is 0.0174. The minimum atomic E-state index is -1.15. The van der Waals surface area contributed by atoms with E-state index in [2.05, 4.69) is 5.32 Å². The number of halogens is 2. The molecule has 5 rings (SSSR count). The quantitative estimate of drug-likeness (QED) is 0.629. The molecule has 1 aromatic carbocycles. The molecule has 3 fully saturated rings. The Kier molecular flexibility index (Phi) is 5.56. The zero-order valence-electron chi connectivity index (χ0n) is 17.1. The van der Waals surface area contributed by atoms with Crippen molar-refractivity contribution in [2.24, 2.45) is 5.92 Å². The lowest BCUT2D eigenvalue weighted by molar-refractivity contribution is -0.155. The normalized spacial score (nSPS) is 44.8. The second-order valence-electron chi connectivity index (χ2n) is 8.97. The highest BCUT2D eigenvalue weighted by Crippen LogP contribution is 2.42. The first-order valence-electron chi connectivity index (χ1n) is 10.6. The summed E-state index contributed by atoms with van der Waals surface area (Å²) in [5.74, 6) is -0.232. The van der Waals surface area contributed by atoms with Gasteiger partial charge in [0.25, 0.3) is 0 Å². The van der Waals surface area contributed by atoms with Crippen molar-refractivity contribution in [3.8, 4) is 0 Å². The van der Waals surface area contributed by atoms with Crippen LogP contribution in [0, 0.1) is 5.92 Å². The van der Waals surface area contributed by atoms with E-state index in [4.69, 9.17) is 21.1 Å². The molecule has 0 radical (unpaired) electrons. The number of hydrogen-bond acceptors (Lipinski definition) is 7. The highest BCUT2D eigenvalue weighted by Gasteiger charge is 2.57. The third kappa shape index (κ3) is 3.29. The molecule has 4 aliphatic heterocycles. The van der Waals surface area contributed by atoms with Crippen molar-refractivity contribution in [1.82, 2.24) is 15.1 Å². The van der Waals surface area contributed by atoms with Crippen LogP contribution < -0.4 is 5.32 Å². The summed E-state index contributed by atoms with van der Waals surface area (Å²) < 4.78 is 27.2. The SMILES string of the molecule is CC1NCN(C)C2C1C(F)CN2[C@@H]1O[C@H]([C@@H]2OCCc3cc(Cl)ccc32)[C@@H](O)[C@H]1O. The number of alkyl halides is 1. The number of fused-ring (bicyclic) bond motifs is 2. The van der Waals surface area contributed by atoms with E-state index in [1.165, 1.54) is 0 Å². The number of rotatable bonds is 2. The predicted octanol–water partition coefficient (Wildman–Crippen LogP) is 0.877. The van der Waals surface area contributed by atoms with Gasteiger partial charge in [-0.1, -0.05) is 17.7 Å². The monoisotopic (exact) mass is 441 g/mol. The standard InChI is InChI=1S/C21H29ClFN3O4/c1-10-15-14(23)8-26(20(15)25(2)9-24-10)21-17(28)16(27)19(30-21)18-13-4-3-12(22)7-11(13)5-6-29-18/h3-4,7,10,14-21,24,27-28H,5-6,8-9H2,1-2H3/t10?,14?,15?,16-,17+,18+,19-,20?,21+/m0/s1. The van der Waals surface area contributed by atoms with Gasteiger partial charge in [-0.3, -0.25) is 9.80 Å². The van der Waals surface area contributed by atoms with Crippen LogP contribution in [0.15, 0.2) is 18.2 Å². The molecule has 0 spiro atoms. The Balaban J connectivity index is 1.41. The zero-order valence-corrected chi connectivity index (χ0v) is 17.9. The molecule has 9 heteroatoms. The number of aliphatic hydroxyl groups is 2. The second kappa shape index (κ2) is 7.94. The molecule has 4 aliphatic rings. The molecular weight excluding hydrogens is 413 g/mol. The van der Waals surface area contributed by atoms with E-state index in [0.29, 0.717) is 18.3 Å². The third-order valence-electron chi connectivity index (χ3n) is 7.16. The molecule has 4 unspecified atom stereocenters. The maximum absolute atomic E-state index is 15.0. The Morgan fingerprint density at radius 2 is 2.07 bits per heavy atom. The van der Waals surface area contributed by atoms with Crippen LogP contribution in [0.4, 0.5) is 4.39 Å². The van der Waals surface area contributed by atoms with Crippen molar-refractivity contribution in [3.63, 3.8) is 0 Å². The summed E-state index contributed by atoms with van der Waals surface area (Å²) in [5.41, 5.74) is 1.97. The van der Waals surface area contributed by atoms with Crippen LogP contribution in [0.2, 0.25) is 5.02 Å². The van der Waals surface area contributed by atoms with E-state index in [1.54, 1.807) is 6.07 Å². The molecule has 0 bridgehead atoms. The molecule has 3 saturated heterocycles. The summed E-state index contributed by atoms with van der Waals surface area (Å²) in [6.45, 7) is 3.26. The van der Waals surface area contributed by atoms with Gasteiger partial charge < -0.3 is 25.0 Å². The number of benzene rings is 1. The predicted molar refractivity (Wildman–Crippen MR) is 109 cm³/mol. The van der Waals surface area contributed by atoms with Crippen LogP contribution in [0.25, 0.3) is 0 Å². The zero-order chi connectivity index (χ0) is 21.2. The number of nitrogens with one attached hydrogen (secondary N) is 1. The first kappa shape index (κ1) is 21.0. The van der Waals surface area contributed by atoms with Crippen LogP contribution in [0.3, 0.4) is 0 Å². The van der Waals surface area contributed by atoms with E-state index in [1.807, 2.05) is 35.9 Å². The highest BCUT2D eigenvalue weighted by atomic mass is 35.5. The molecule has 0 amide bonds. The van der Waals surface area contributed by atoms with Gasteiger partial charge in [-0.2, -0.15) is 0 Å². The van der Waals surface area contributed by atoms with Gasteiger partial charge in [-0.05, 0) is 43.7 Å². The van der Waals surface area contributed by atoms with Crippen LogP contribution in [0.1, 0.15) is 24.2 Å². The van der Waals surface area contributed by atoms with Crippen LogP contribution in [-0.4, -0.2) is 89.8 Å². The van der Waals surface area contributed by atoms with Crippen molar-refractivity contribution < 1.29 is 24.1 Å². The Morgan fingerprint density at radius 3 is 2.87 bits per heavy atom.